The molecule has 0 bridgehead atoms. The van der Waals surface area contributed by atoms with Gasteiger partial charge in [0.25, 0.3) is 0 Å². The van der Waals surface area contributed by atoms with Crippen LogP contribution in [0.1, 0.15) is 40.2 Å². The average Bonchev–Trinajstić information content (AvgIpc) is 3.50. The van der Waals surface area contributed by atoms with Crippen LogP contribution in [0, 0.1) is 19.8 Å². The van der Waals surface area contributed by atoms with Crippen LogP contribution in [-0.2, 0) is 29.3 Å². The number of nitrogens with zero attached hydrogens (tertiary/aromatic N) is 3. The lowest BCUT2D eigenvalue weighted by molar-refractivity contribution is -0.125. The Hall–Kier alpha value is -3.23. The average molecular weight is 491 g/mol. The van der Waals surface area contributed by atoms with E-state index in [2.05, 4.69) is 40.1 Å². The highest BCUT2D eigenvalue weighted by Crippen LogP contribution is 2.35. The molecule has 0 radical (unpaired) electrons. The third-order valence-corrected chi connectivity index (χ3v) is 7.78. The van der Waals surface area contributed by atoms with Gasteiger partial charge in [0.15, 0.2) is 0 Å². The van der Waals surface area contributed by atoms with Gasteiger partial charge in [0.1, 0.15) is 29.3 Å². The van der Waals surface area contributed by atoms with Crippen LogP contribution < -0.4 is 10.2 Å². The summed E-state index contributed by atoms with van der Waals surface area (Å²) in [5.74, 6) is 1.96. The number of benzene rings is 1. The molecule has 7 nitrogen and oxygen atoms in total. The molecule has 1 aliphatic heterocycles. The normalized spacial score (nSPS) is 14.5. The molecule has 3 aromatic heterocycles. The standard InChI is InChI=1S/C27H30N4O3S/c1-18-19(2)35-27-24(18)25(29-17-30-27)31-10-8-22(9-11-31)26(32)28-14-20-5-3-6-21(13-20)15-33-16-23-7-4-12-34-23/h3-7,12-13,17,22H,8-11,14-16H2,1-2H3,(H,28,32). The van der Waals surface area contributed by atoms with Crippen molar-refractivity contribution in [1.29, 1.82) is 0 Å². The lowest BCUT2D eigenvalue weighted by atomic mass is 9.95. The van der Waals surface area contributed by atoms with E-state index in [0.29, 0.717) is 19.8 Å². The van der Waals surface area contributed by atoms with E-state index in [-0.39, 0.29) is 11.8 Å². The van der Waals surface area contributed by atoms with E-state index in [1.165, 1.54) is 10.4 Å². The number of rotatable bonds is 8. The molecule has 0 spiro atoms. The van der Waals surface area contributed by atoms with Crippen molar-refractivity contribution in [2.75, 3.05) is 18.0 Å². The quantitative estimate of drug-likeness (QED) is 0.368. The predicted octanol–water partition coefficient (Wildman–Crippen LogP) is 5.15. The van der Waals surface area contributed by atoms with E-state index in [9.17, 15) is 4.79 Å². The number of thiophene rings is 1. The van der Waals surface area contributed by atoms with E-state index >= 15 is 0 Å². The fourth-order valence-corrected chi connectivity index (χ4v) is 5.58. The highest BCUT2D eigenvalue weighted by molar-refractivity contribution is 7.18. The third-order valence-electron chi connectivity index (χ3n) is 6.66. The Labute approximate surface area is 209 Å². The Morgan fingerprint density at radius 2 is 1.97 bits per heavy atom. The topological polar surface area (TPSA) is 80.5 Å². The van der Waals surface area contributed by atoms with Gasteiger partial charge < -0.3 is 19.4 Å². The largest absolute Gasteiger partial charge is 0.467 e. The van der Waals surface area contributed by atoms with Crippen LogP contribution in [0.2, 0.25) is 0 Å². The second-order valence-electron chi connectivity index (χ2n) is 9.03. The minimum atomic E-state index is 0.0219. The molecule has 0 unspecified atom stereocenters. The second-order valence-corrected chi connectivity index (χ2v) is 10.2. The van der Waals surface area contributed by atoms with E-state index < -0.39 is 0 Å². The molecule has 8 heteroatoms. The number of furan rings is 1. The number of carbonyl (C=O) groups is 1. The minimum absolute atomic E-state index is 0.0219. The van der Waals surface area contributed by atoms with Gasteiger partial charge in [0, 0.05) is 30.4 Å². The Morgan fingerprint density at radius 3 is 2.77 bits per heavy atom. The number of hydrogen-bond acceptors (Lipinski definition) is 7. The maximum Gasteiger partial charge on any atom is 0.223 e. The molecule has 182 valence electrons. The molecule has 35 heavy (non-hydrogen) atoms. The van der Waals surface area contributed by atoms with Gasteiger partial charge in [0.2, 0.25) is 5.91 Å². The number of hydrogen-bond donors (Lipinski definition) is 1. The molecule has 1 fully saturated rings. The molecule has 4 aromatic rings. The van der Waals surface area contributed by atoms with Gasteiger partial charge >= 0.3 is 0 Å². The zero-order chi connectivity index (χ0) is 24.2. The first-order valence-corrected chi connectivity index (χ1v) is 12.8. The number of anilines is 1. The van der Waals surface area contributed by atoms with Crippen molar-refractivity contribution in [3.63, 3.8) is 0 Å². The summed E-state index contributed by atoms with van der Waals surface area (Å²) in [7, 11) is 0. The highest BCUT2D eigenvalue weighted by atomic mass is 32.1. The van der Waals surface area contributed by atoms with Crippen molar-refractivity contribution in [1.82, 2.24) is 15.3 Å². The monoisotopic (exact) mass is 490 g/mol. The summed E-state index contributed by atoms with van der Waals surface area (Å²) >= 11 is 1.72. The van der Waals surface area contributed by atoms with Crippen molar-refractivity contribution in [3.05, 3.63) is 76.3 Å². The number of piperidine rings is 1. The SMILES string of the molecule is Cc1sc2ncnc(N3CCC(C(=O)NCc4cccc(COCc5ccco5)c4)CC3)c2c1C. The van der Waals surface area contributed by atoms with Gasteiger partial charge in [-0.05, 0) is 55.5 Å². The highest BCUT2D eigenvalue weighted by Gasteiger charge is 2.27. The maximum atomic E-state index is 12.9. The summed E-state index contributed by atoms with van der Waals surface area (Å²) in [4.78, 5) is 26.6. The van der Waals surface area contributed by atoms with Gasteiger partial charge in [-0.2, -0.15) is 0 Å². The summed E-state index contributed by atoms with van der Waals surface area (Å²) < 4.78 is 11.0. The van der Waals surface area contributed by atoms with Gasteiger partial charge in [-0.3, -0.25) is 4.79 Å². The van der Waals surface area contributed by atoms with Crippen molar-refractivity contribution in [2.24, 2.45) is 5.92 Å². The van der Waals surface area contributed by atoms with Gasteiger partial charge in [-0.15, -0.1) is 11.3 Å². The number of aromatic nitrogens is 2. The maximum absolute atomic E-state index is 12.9. The number of fused-ring (bicyclic) bond motifs is 1. The summed E-state index contributed by atoms with van der Waals surface area (Å²) in [5, 5.41) is 4.29. The molecule has 1 aliphatic rings. The van der Waals surface area contributed by atoms with Crippen LogP contribution in [0.5, 0.6) is 0 Å². The molecule has 1 saturated heterocycles. The molecule has 1 amide bonds. The summed E-state index contributed by atoms with van der Waals surface area (Å²) in [5.41, 5.74) is 3.40. The van der Waals surface area contributed by atoms with Crippen molar-refractivity contribution in [3.8, 4) is 0 Å². The third kappa shape index (κ3) is 5.39. The minimum Gasteiger partial charge on any atom is -0.467 e. The second kappa shape index (κ2) is 10.6. The van der Waals surface area contributed by atoms with Gasteiger partial charge in [0.05, 0.1) is 18.3 Å². The van der Waals surface area contributed by atoms with Gasteiger partial charge in [-0.25, -0.2) is 9.97 Å². The lowest BCUT2D eigenvalue weighted by Gasteiger charge is -2.32. The molecule has 0 atom stereocenters. The van der Waals surface area contributed by atoms with Gasteiger partial charge in [-0.1, -0.05) is 24.3 Å². The number of ether oxygens (including phenoxy) is 1. The molecule has 0 saturated carbocycles. The molecular formula is C27H30N4O3S. The summed E-state index contributed by atoms with van der Waals surface area (Å²) in [6.07, 6.45) is 4.94. The molecular weight excluding hydrogens is 460 g/mol. The zero-order valence-corrected chi connectivity index (χ0v) is 20.9. The lowest BCUT2D eigenvalue weighted by Crippen LogP contribution is -2.40. The van der Waals surface area contributed by atoms with Crippen molar-refractivity contribution in [2.45, 2.75) is 46.4 Å². The fraction of sp³-hybridized carbons (Fsp3) is 0.370. The molecule has 1 N–H and O–H groups in total. The Morgan fingerprint density at radius 1 is 1.14 bits per heavy atom. The Balaban J connectivity index is 1.12. The van der Waals surface area contributed by atoms with Crippen LogP contribution >= 0.6 is 11.3 Å². The van der Waals surface area contributed by atoms with E-state index in [4.69, 9.17) is 9.15 Å². The van der Waals surface area contributed by atoms with Crippen molar-refractivity contribution >= 4 is 33.3 Å². The first-order chi connectivity index (χ1) is 17.1. The summed E-state index contributed by atoms with van der Waals surface area (Å²) in [6.45, 7) is 7.37. The number of nitrogens with one attached hydrogen (secondary N) is 1. The Kier molecular flexibility index (Phi) is 7.11. The number of amides is 1. The smallest absolute Gasteiger partial charge is 0.223 e. The van der Waals surface area contributed by atoms with Crippen LogP contribution in [0.25, 0.3) is 10.2 Å². The number of aryl methyl sites for hydroxylation is 2. The van der Waals surface area contributed by atoms with Crippen LogP contribution in [0.15, 0.2) is 53.4 Å². The van der Waals surface area contributed by atoms with Crippen LogP contribution in [-0.4, -0.2) is 29.0 Å². The zero-order valence-electron chi connectivity index (χ0n) is 20.1. The first kappa shape index (κ1) is 23.5. The van der Waals surface area contributed by atoms with Crippen molar-refractivity contribution < 1.29 is 13.9 Å². The molecule has 5 rings (SSSR count). The van der Waals surface area contributed by atoms with E-state index in [1.807, 2.05) is 30.3 Å². The van der Waals surface area contributed by atoms with Crippen LogP contribution in [0.3, 0.4) is 0 Å². The van der Waals surface area contributed by atoms with E-state index in [0.717, 1.165) is 58.9 Å². The summed E-state index contributed by atoms with van der Waals surface area (Å²) in [6, 6.07) is 11.9. The van der Waals surface area contributed by atoms with E-state index in [1.54, 1.807) is 23.9 Å². The number of carbonyl (C=O) groups excluding carboxylic acids is 1. The molecule has 4 heterocycles. The molecule has 1 aromatic carbocycles. The molecule has 0 aliphatic carbocycles. The van der Waals surface area contributed by atoms with Crippen LogP contribution in [0.4, 0.5) is 5.82 Å². The predicted molar refractivity (Wildman–Crippen MR) is 137 cm³/mol. The first-order valence-electron chi connectivity index (χ1n) is 12.0. The Bertz CT molecular complexity index is 1290. The fourth-order valence-electron chi connectivity index (χ4n) is 4.58.